The van der Waals surface area contributed by atoms with E-state index in [4.69, 9.17) is 5.73 Å². The zero-order valence-electron chi connectivity index (χ0n) is 11.7. The van der Waals surface area contributed by atoms with E-state index < -0.39 is 5.91 Å². The molecule has 2 aromatic rings. The number of nitrogens with zero attached hydrogens (tertiary/aromatic N) is 2. The van der Waals surface area contributed by atoms with Crippen molar-refractivity contribution in [3.05, 3.63) is 38.3 Å². The number of hydrogen-bond acceptors (Lipinski definition) is 4. The van der Waals surface area contributed by atoms with Gasteiger partial charge in [0.15, 0.2) is 0 Å². The van der Waals surface area contributed by atoms with Crippen LogP contribution in [-0.4, -0.2) is 33.5 Å². The van der Waals surface area contributed by atoms with Crippen LogP contribution in [0.2, 0.25) is 0 Å². The second kappa shape index (κ2) is 6.21. The highest BCUT2D eigenvalue weighted by molar-refractivity contribution is 9.10. The lowest BCUT2D eigenvalue weighted by Gasteiger charge is -2.34. The van der Waals surface area contributed by atoms with Crippen LogP contribution in [0.3, 0.4) is 0 Å². The van der Waals surface area contributed by atoms with Gasteiger partial charge in [-0.2, -0.15) is 5.10 Å². The minimum atomic E-state index is -0.571. The van der Waals surface area contributed by atoms with Crippen molar-refractivity contribution in [2.75, 3.05) is 6.54 Å². The third-order valence-electron chi connectivity index (χ3n) is 3.75. The summed E-state index contributed by atoms with van der Waals surface area (Å²) < 4.78 is 0.909. The van der Waals surface area contributed by atoms with Gasteiger partial charge in [-0.1, -0.05) is 0 Å². The molecule has 6 nitrogen and oxygen atoms in total. The number of primary amides is 1. The van der Waals surface area contributed by atoms with Crippen LogP contribution in [0.5, 0.6) is 0 Å². The molecule has 0 aromatic carbocycles. The van der Waals surface area contributed by atoms with Gasteiger partial charge in [-0.15, -0.1) is 11.3 Å². The first-order valence-electron chi connectivity index (χ1n) is 6.96. The number of carbonyl (C=O) groups excluding carboxylic acids is 2. The predicted molar refractivity (Wildman–Crippen MR) is 86.8 cm³/mol. The predicted octanol–water partition coefficient (Wildman–Crippen LogP) is 2.70. The molecule has 0 aliphatic carbocycles. The SMILES string of the molecule is NC(=O)c1cc(C2CCCCN2C(=O)c2cc(Br)cs2)[nH]n1. The first-order chi connectivity index (χ1) is 10.6. The monoisotopic (exact) mass is 382 g/mol. The smallest absolute Gasteiger partial charge is 0.269 e. The van der Waals surface area contributed by atoms with Gasteiger partial charge in [-0.25, -0.2) is 0 Å². The molecule has 3 rings (SSSR count). The Morgan fingerprint density at radius 3 is 2.86 bits per heavy atom. The fourth-order valence-corrected chi connectivity index (χ4v) is 4.08. The summed E-state index contributed by atoms with van der Waals surface area (Å²) in [4.78, 5) is 26.5. The molecule has 3 heterocycles. The quantitative estimate of drug-likeness (QED) is 0.854. The molecule has 1 saturated heterocycles. The van der Waals surface area contributed by atoms with Crippen LogP contribution in [0, 0.1) is 0 Å². The molecule has 3 N–H and O–H groups in total. The first-order valence-corrected chi connectivity index (χ1v) is 8.63. The summed E-state index contributed by atoms with van der Waals surface area (Å²) in [5, 5.41) is 8.66. The van der Waals surface area contributed by atoms with E-state index >= 15 is 0 Å². The van der Waals surface area contributed by atoms with Crippen molar-refractivity contribution in [3.63, 3.8) is 0 Å². The summed E-state index contributed by atoms with van der Waals surface area (Å²) in [6.07, 6.45) is 2.86. The van der Waals surface area contributed by atoms with E-state index in [1.54, 1.807) is 6.07 Å². The maximum atomic E-state index is 12.7. The zero-order valence-corrected chi connectivity index (χ0v) is 14.1. The van der Waals surface area contributed by atoms with E-state index in [0.717, 1.165) is 29.4 Å². The Bertz CT molecular complexity index is 711. The largest absolute Gasteiger partial charge is 0.364 e. The summed E-state index contributed by atoms with van der Waals surface area (Å²) in [6, 6.07) is 3.38. The fourth-order valence-electron chi connectivity index (χ4n) is 2.70. The molecular weight excluding hydrogens is 368 g/mol. The molecule has 1 aliphatic heterocycles. The molecule has 1 fully saturated rings. The average molecular weight is 383 g/mol. The Balaban J connectivity index is 1.87. The lowest BCUT2D eigenvalue weighted by Crippen LogP contribution is -2.38. The molecular formula is C14H15BrN4O2S. The van der Waals surface area contributed by atoms with E-state index in [1.165, 1.54) is 11.3 Å². The highest BCUT2D eigenvalue weighted by Gasteiger charge is 2.31. The summed E-state index contributed by atoms with van der Waals surface area (Å²) in [5.74, 6) is -0.561. The lowest BCUT2D eigenvalue weighted by atomic mass is 9.99. The van der Waals surface area contributed by atoms with Crippen LogP contribution in [0.1, 0.15) is 51.2 Å². The van der Waals surface area contributed by atoms with E-state index in [0.29, 0.717) is 11.4 Å². The van der Waals surface area contributed by atoms with Gasteiger partial charge in [0.2, 0.25) is 0 Å². The van der Waals surface area contributed by atoms with Gasteiger partial charge in [0.25, 0.3) is 11.8 Å². The van der Waals surface area contributed by atoms with Crippen molar-refractivity contribution in [2.24, 2.45) is 5.73 Å². The Hall–Kier alpha value is -1.67. The van der Waals surface area contributed by atoms with Crippen LogP contribution in [-0.2, 0) is 0 Å². The van der Waals surface area contributed by atoms with E-state index in [9.17, 15) is 9.59 Å². The number of carbonyl (C=O) groups is 2. The standard InChI is InChI=1S/C14H15BrN4O2S/c15-8-5-12(22-7-8)14(21)19-4-2-1-3-11(19)9-6-10(13(16)20)18-17-9/h5-7,11H,1-4H2,(H2,16,20)(H,17,18). The Labute approximate surface area is 139 Å². The number of amides is 2. The molecule has 1 atom stereocenters. The van der Waals surface area contributed by atoms with Gasteiger partial charge in [0.1, 0.15) is 5.69 Å². The van der Waals surface area contributed by atoms with Crippen molar-refractivity contribution < 1.29 is 9.59 Å². The second-order valence-electron chi connectivity index (χ2n) is 5.21. The van der Waals surface area contributed by atoms with Crippen molar-refractivity contribution in [1.29, 1.82) is 0 Å². The van der Waals surface area contributed by atoms with Gasteiger partial charge >= 0.3 is 0 Å². The van der Waals surface area contributed by atoms with E-state index in [1.807, 2.05) is 16.3 Å². The average Bonchev–Trinajstić information content (AvgIpc) is 3.15. The summed E-state index contributed by atoms with van der Waals surface area (Å²) >= 11 is 4.80. The third-order valence-corrected chi connectivity index (χ3v) is 5.43. The maximum Gasteiger partial charge on any atom is 0.269 e. The highest BCUT2D eigenvalue weighted by atomic mass is 79.9. The molecule has 0 radical (unpaired) electrons. The molecule has 2 amide bonds. The number of likely N-dealkylation sites (tertiary alicyclic amines) is 1. The summed E-state index contributed by atoms with van der Waals surface area (Å²) in [7, 11) is 0. The van der Waals surface area contributed by atoms with Crippen LogP contribution in [0.25, 0.3) is 0 Å². The molecule has 0 spiro atoms. The Morgan fingerprint density at radius 2 is 2.23 bits per heavy atom. The topological polar surface area (TPSA) is 92.1 Å². The zero-order chi connectivity index (χ0) is 15.7. The number of rotatable bonds is 3. The molecule has 0 bridgehead atoms. The Morgan fingerprint density at radius 1 is 1.41 bits per heavy atom. The number of nitrogens with two attached hydrogens (primary N) is 1. The molecule has 2 aromatic heterocycles. The molecule has 0 saturated carbocycles. The number of aromatic nitrogens is 2. The lowest BCUT2D eigenvalue weighted by molar-refractivity contribution is 0.0611. The van der Waals surface area contributed by atoms with Crippen LogP contribution in [0.4, 0.5) is 0 Å². The molecule has 8 heteroatoms. The number of nitrogens with one attached hydrogen (secondary N) is 1. The van der Waals surface area contributed by atoms with Crippen molar-refractivity contribution in [1.82, 2.24) is 15.1 Å². The normalized spacial score (nSPS) is 18.4. The van der Waals surface area contributed by atoms with Crippen LogP contribution in [0.15, 0.2) is 22.0 Å². The van der Waals surface area contributed by atoms with E-state index in [2.05, 4.69) is 26.1 Å². The van der Waals surface area contributed by atoms with Gasteiger partial charge in [0.05, 0.1) is 16.6 Å². The summed E-state index contributed by atoms with van der Waals surface area (Å²) in [6.45, 7) is 0.698. The van der Waals surface area contributed by atoms with Crippen LogP contribution >= 0.6 is 27.3 Å². The van der Waals surface area contributed by atoms with Crippen molar-refractivity contribution >= 4 is 39.1 Å². The molecule has 1 unspecified atom stereocenters. The van der Waals surface area contributed by atoms with Crippen molar-refractivity contribution in [3.8, 4) is 0 Å². The van der Waals surface area contributed by atoms with Gasteiger partial charge in [0, 0.05) is 16.4 Å². The fraction of sp³-hybridized carbons (Fsp3) is 0.357. The number of H-pyrrole nitrogens is 1. The minimum Gasteiger partial charge on any atom is -0.364 e. The third kappa shape index (κ3) is 2.93. The molecule has 116 valence electrons. The minimum absolute atomic E-state index is 0.00984. The molecule has 1 aliphatic rings. The van der Waals surface area contributed by atoms with E-state index in [-0.39, 0.29) is 17.6 Å². The first kappa shape index (κ1) is 15.2. The van der Waals surface area contributed by atoms with Gasteiger partial charge in [-0.05, 0) is 47.3 Å². The number of hydrogen-bond donors (Lipinski definition) is 2. The number of halogens is 1. The van der Waals surface area contributed by atoms with Crippen LogP contribution < -0.4 is 5.73 Å². The second-order valence-corrected chi connectivity index (χ2v) is 7.04. The summed E-state index contributed by atoms with van der Waals surface area (Å²) in [5.41, 5.74) is 6.20. The Kier molecular flexibility index (Phi) is 4.30. The number of thiophene rings is 1. The molecule has 22 heavy (non-hydrogen) atoms. The highest BCUT2D eigenvalue weighted by Crippen LogP contribution is 2.32. The maximum absolute atomic E-state index is 12.7. The van der Waals surface area contributed by atoms with Crippen molar-refractivity contribution in [2.45, 2.75) is 25.3 Å². The number of piperidine rings is 1. The van der Waals surface area contributed by atoms with Gasteiger partial charge in [-0.3, -0.25) is 14.7 Å². The van der Waals surface area contributed by atoms with Gasteiger partial charge < -0.3 is 10.6 Å². The number of aromatic amines is 1.